The Hall–Kier alpha value is -1.45. The minimum atomic E-state index is -0.700. The van der Waals surface area contributed by atoms with Crippen LogP contribution in [-0.4, -0.2) is 15.1 Å². The molecular formula is C13H13ClN2O. The molecule has 1 unspecified atom stereocenters. The summed E-state index contributed by atoms with van der Waals surface area (Å²) in [5.74, 6) is 0.440. The maximum Gasteiger partial charge on any atom is 0.157 e. The van der Waals surface area contributed by atoms with Gasteiger partial charge < -0.3 is 5.11 Å². The number of hydrogen-bond donors (Lipinski definition) is 1. The molecule has 2 rings (SSSR count). The van der Waals surface area contributed by atoms with E-state index in [4.69, 9.17) is 11.6 Å². The average Bonchev–Trinajstić information content (AvgIpc) is 2.29. The number of halogens is 1. The smallest absolute Gasteiger partial charge is 0.157 e. The Bertz CT molecular complexity index is 499. The van der Waals surface area contributed by atoms with E-state index in [2.05, 4.69) is 9.97 Å². The van der Waals surface area contributed by atoms with Gasteiger partial charge in [0.2, 0.25) is 0 Å². The van der Waals surface area contributed by atoms with Gasteiger partial charge in [0.05, 0.1) is 0 Å². The molecule has 0 fully saturated rings. The van der Waals surface area contributed by atoms with Gasteiger partial charge in [-0.1, -0.05) is 23.7 Å². The predicted octanol–water partition coefficient (Wildman–Crippen LogP) is 2.71. The number of aliphatic hydroxyl groups is 1. The lowest BCUT2D eigenvalue weighted by molar-refractivity contribution is 0.168. The van der Waals surface area contributed by atoms with E-state index in [1.165, 1.54) is 0 Å². The summed E-state index contributed by atoms with van der Waals surface area (Å²) in [6, 6.07) is 7.42. The number of aromatic nitrogens is 2. The SMILES string of the molecule is Cc1cnc(C(O)Cc2cccc(Cl)c2)nc1. The minimum Gasteiger partial charge on any atom is -0.385 e. The second-order valence-corrected chi connectivity index (χ2v) is 4.40. The highest BCUT2D eigenvalue weighted by atomic mass is 35.5. The Labute approximate surface area is 105 Å². The van der Waals surface area contributed by atoms with Crippen LogP contribution in [0.4, 0.5) is 0 Å². The van der Waals surface area contributed by atoms with Crippen LogP contribution in [0, 0.1) is 6.92 Å². The van der Waals surface area contributed by atoms with E-state index < -0.39 is 6.10 Å². The van der Waals surface area contributed by atoms with Gasteiger partial charge in [-0.05, 0) is 30.2 Å². The Balaban J connectivity index is 2.11. The molecule has 1 heterocycles. The Morgan fingerprint density at radius 3 is 2.65 bits per heavy atom. The average molecular weight is 249 g/mol. The zero-order valence-corrected chi connectivity index (χ0v) is 10.2. The van der Waals surface area contributed by atoms with Crippen molar-refractivity contribution >= 4 is 11.6 Å². The summed E-state index contributed by atoms with van der Waals surface area (Å²) in [5, 5.41) is 10.7. The fourth-order valence-electron chi connectivity index (χ4n) is 1.55. The van der Waals surface area contributed by atoms with Crippen molar-refractivity contribution < 1.29 is 5.11 Å². The zero-order chi connectivity index (χ0) is 12.3. The maximum atomic E-state index is 9.99. The topological polar surface area (TPSA) is 46.0 Å². The number of aryl methyl sites for hydroxylation is 1. The molecule has 3 nitrogen and oxygen atoms in total. The van der Waals surface area contributed by atoms with Crippen molar-refractivity contribution in [2.24, 2.45) is 0 Å². The van der Waals surface area contributed by atoms with Crippen LogP contribution in [0.15, 0.2) is 36.7 Å². The van der Waals surface area contributed by atoms with E-state index in [1.54, 1.807) is 18.5 Å². The van der Waals surface area contributed by atoms with Crippen LogP contribution in [0.5, 0.6) is 0 Å². The molecule has 1 aromatic carbocycles. The molecule has 0 spiro atoms. The van der Waals surface area contributed by atoms with E-state index in [9.17, 15) is 5.11 Å². The highest BCUT2D eigenvalue weighted by molar-refractivity contribution is 6.30. The fraction of sp³-hybridized carbons (Fsp3) is 0.231. The summed E-state index contributed by atoms with van der Waals surface area (Å²) in [5.41, 5.74) is 1.94. The molecule has 1 atom stereocenters. The van der Waals surface area contributed by atoms with Gasteiger partial charge in [0, 0.05) is 23.8 Å². The third kappa shape index (κ3) is 3.25. The van der Waals surface area contributed by atoms with E-state index in [1.807, 2.05) is 25.1 Å². The first-order valence-electron chi connectivity index (χ1n) is 5.36. The number of nitrogens with zero attached hydrogens (tertiary/aromatic N) is 2. The van der Waals surface area contributed by atoms with Crippen LogP contribution in [0.1, 0.15) is 23.1 Å². The predicted molar refractivity (Wildman–Crippen MR) is 66.9 cm³/mol. The molecular weight excluding hydrogens is 236 g/mol. The van der Waals surface area contributed by atoms with Crippen molar-refractivity contribution in [1.29, 1.82) is 0 Å². The van der Waals surface area contributed by atoms with Crippen molar-refractivity contribution in [3.63, 3.8) is 0 Å². The third-order valence-corrected chi connectivity index (χ3v) is 2.65. The molecule has 0 amide bonds. The second-order valence-electron chi connectivity index (χ2n) is 3.97. The highest BCUT2D eigenvalue weighted by Gasteiger charge is 2.11. The van der Waals surface area contributed by atoms with Crippen molar-refractivity contribution in [3.8, 4) is 0 Å². The molecule has 0 aliphatic rings. The molecule has 2 aromatic rings. The lowest BCUT2D eigenvalue weighted by atomic mass is 10.1. The summed E-state index contributed by atoms with van der Waals surface area (Å²) < 4.78 is 0. The third-order valence-electron chi connectivity index (χ3n) is 2.42. The first kappa shape index (κ1) is 12.0. The fourth-order valence-corrected chi connectivity index (χ4v) is 1.77. The molecule has 17 heavy (non-hydrogen) atoms. The van der Waals surface area contributed by atoms with Crippen LogP contribution < -0.4 is 0 Å². The maximum absolute atomic E-state index is 9.99. The summed E-state index contributed by atoms with van der Waals surface area (Å²) in [4.78, 5) is 8.21. The quantitative estimate of drug-likeness (QED) is 0.909. The molecule has 0 aliphatic carbocycles. The molecule has 1 aromatic heterocycles. The largest absolute Gasteiger partial charge is 0.385 e. The summed E-state index contributed by atoms with van der Waals surface area (Å²) >= 11 is 5.88. The summed E-state index contributed by atoms with van der Waals surface area (Å²) in [6.07, 6.45) is 3.16. The van der Waals surface area contributed by atoms with Gasteiger partial charge in [-0.3, -0.25) is 0 Å². The van der Waals surface area contributed by atoms with Crippen molar-refractivity contribution in [2.75, 3.05) is 0 Å². The standard InChI is InChI=1S/C13H13ClN2O/c1-9-7-15-13(16-8-9)12(17)6-10-3-2-4-11(14)5-10/h2-5,7-8,12,17H,6H2,1H3. The molecule has 0 bridgehead atoms. The van der Waals surface area contributed by atoms with Crippen LogP contribution in [0.3, 0.4) is 0 Å². The molecule has 0 aliphatic heterocycles. The zero-order valence-electron chi connectivity index (χ0n) is 9.47. The van der Waals surface area contributed by atoms with Gasteiger partial charge in [-0.2, -0.15) is 0 Å². The lowest BCUT2D eigenvalue weighted by Crippen LogP contribution is -2.06. The van der Waals surface area contributed by atoms with Crippen molar-refractivity contribution in [2.45, 2.75) is 19.4 Å². The van der Waals surface area contributed by atoms with Gasteiger partial charge in [0.15, 0.2) is 5.82 Å². The van der Waals surface area contributed by atoms with Gasteiger partial charge in [0.1, 0.15) is 6.10 Å². The number of benzene rings is 1. The van der Waals surface area contributed by atoms with Gasteiger partial charge in [-0.25, -0.2) is 9.97 Å². The molecule has 0 radical (unpaired) electrons. The first-order chi connectivity index (χ1) is 8.15. The normalized spacial score (nSPS) is 12.4. The van der Waals surface area contributed by atoms with E-state index >= 15 is 0 Å². The van der Waals surface area contributed by atoms with E-state index in [-0.39, 0.29) is 0 Å². The van der Waals surface area contributed by atoms with Crippen LogP contribution in [-0.2, 0) is 6.42 Å². The molecule has 1 N–H and O–H groups in total. The van der Waals surface area contributed by atoms with Crippen molar-refractivity contribution in [3.05, 3.63) is 58.6 Å². The number of hydrogen-bond acceptors (Lipinski definition) is 3. The van der Waals surface area contributed by atoms with Crippen LogP contribution >= 0.6 is 11.6 Å². The van der Waals surface area contributed by atoms with E-state index in [0.717, 1.165) is 11.1 Å². The monoisotopic (exact) mass is 248 g/mol. The van der Waals surface area contributed by atoms with Crippen LogP contribution in [0.25, 0.3) is 0 Å². The van der Waals surface area contributed by atoms with Crippen molar-refractivity contribution in [1.82, 2.24) is 9.97 Å². The number of rotatable bonds is 3. The first-order valence-corrected chi connectivity index (χ1v) is 5.74. The highest BCUT2D eigenvalue weighted by Crippen LogP contribution is 2.17. The molecule has 0 saturated carbocycles. The summed E-state index contributed by atoms with van der Waals surface area (Å²) in [7, 11) is 0. The van der Waals surface area contributed by atoms with Crippen LogP contribution in [0.2, 0.25) is 5.02 Å². The molecule has 88 valence electrons. The number of aliphatic hydroxyl groups excluding tert-OH is 1. The summed E-state index contributed by atoms with van der Waals surface area (Å²) in [6.45, 7) is 1.91. The second kappa shape index (κ2) is 5.25. The van der Waals surface area contributed by atoms with Gasteiger partial charge >= 0.3 is 0 Å². The Morgan fingerprint density at radius 2 is 2.00 bits per heavy atom. The Morgan fingerprint density at radius 1 is 1.29 bits per heavy atom. The lowest BCUT2D eigenvalue weighted by Gasteiger charge is -2.09. The Kier molecular flexibility index (Phi) is 3.71. The molecule has 0 saturated heterocycles. The minimum absolute atomic E-state index is 0.440. The van der Waals surface area contributed by atoms with E-state index in [0.29, 0.717) is 17.3 Å². The van der Waals surface area contributed by atoms with Gasteiger partial charge in [0.25, 0.3) is 0 Å². The van der Waals surface area contributed by atoms with Gasteiger partial charge in [-0.15, -0.1) is 0 Å². The molecule has 4 heteroatoms.